The Morgan fingerprint density at radius 3 is 2.64 bits per heavy atom. The van der Waals surface area contributed by atoms with E-state index in [4.69, 9.17) is 14.2 Å². The van der Waals surface area contributed by atoms with Gasteiger partial charge in [0.2, 0.25) is 6.79 Å². The van der Waals surface area contributed by atoms with Crippen LogP contribution in [0.2, 0.25) is 0 Å². The molecular formula is C20H19NO4. The van der Waals surface area contributed by atoms with Gasteiger partial charge in [0, 0.05) is 17.8 Å². The summed E-state index contributed by atoms with van der Waals surface area (Å²) in [6.45, 7) is 1.69. The highest BCUT2D eigenvalue weighted by molar-refractivity contribution is 5.96. The Labute approximate surface area is 146 Å². The van der Waals surface area contributed by atoms with Crippen LogP contribution >= 0.6 is 0 Å². The van der Waals surface area contributed by atoms with Crippen molar-refractivity contribution in [3.8, 4) is 22.6 Å². The van der Waals surface area contributed by atoms with Crippen molar-refractivity contribution in [2.24, 2.45) is 5.92 Å². The van der Waals surface area contributed by atoms with E-state index in [-0.39, 0.29) is 19.3 Å². The molecule has 0 radical (unpaired) electrons. The van der Waals surface area contributed by atoms with E-state index in [1.54, 1.807) is 0 Å². The fourth-order valence-corrected chi connectivity index (χ4v) is 3.44. The maximum Gasteiger partial charge on any atom is 0.253 e. The number of fused-ring (bicyclic) bond motifs is 2. The van der Waals surface area contributed by atoms with E-state index in [0.29, 0.717) is 12.5 Å². The average molecular weight is 337 g/mol. The molecule has 2 heterocycles. The van der Waals surface area contributed by atoms with Crippen LogP contribution in [0.3, 0.4) is 0 Å². The summed E-state index contributed by atoms with van der Waals surface area (Å²) in [5.74, 6) is 2.25. The third kappa shape index (κ3) is 2.74. The predicted octanol–water partition coefficient (Wildman–Crippen LogP) is 3.36. The molecule has 1 saturated carbocycles. The molecule has 0 unspecified atom stereocenters. The molecule has 1 aliphatic carbocycles. The summed E-state index contributed by atoms with van der Waals surface area (Å²) >= 11 is 0. The largest absolute Gasteiger partial charge is 0.454 e. The molecule has 5 nitrogen and oxygen atoms in total. The smallest absolute Gasteiger partial charge is 0.253 e. The summed E-state index contributed by atoms with van der Waals surface area (Å²) in [5, 5.41) is 0. The lowest BCUT2D eigenvalue weighted by molar-refractivity contribution is -0.123. The zero-order valence-corrected chi connectivity index (χ0v) is 13.9. The van der Waals surface area contributed by atoms with Gasteiger partial charge in [-0.2, -0.15) is 0 Å². The Balaban J connectivity index is 1.51. The third-order valence-electron chi connectivity index (χ3n) is 5.00. The fraction of sp³-hybridized carbons (Fsp3) is 0.350. The van der Waals surface area contributed by atoms with E-state index in [0.717, 1.165) is 40.4 Å². The summed E-state index contributed by atoms with van der Waals surface area (Å²) in [6, 6.07) is 12.2. The second-order valence-corrected chi connectivity index (χ2v) is 6.85. The summed E-state index contributed by atoms with van der Waals surface area (Å²) in [6.07, 6.45) is 2.44. The van der Waals surface area contributed by atoms with Gasteiger partial charge in [0.25, 0.3) is 5.91 Å². The standard InChI is InChI=1S/C20H19NO4/c22-20-11-23-10-16-7-14(3-5-17(16)21(20)9-13-1-2-13)15-4-6-18-19(8-15)25-12-24-18/h3-8,13H,1-2,9-12H2. The second kappa shape index (κ2) is 5.77. The zero-order chi connectivity index (χ0) is 16.8. The number of rotatable bonds is 3. The number of benzene rings is 2. The Morgan fingerprint density at radius 2 is 1.76 bits per heavy atom. The number of hydrogen-bond donors (Lipinski definition) is 0. The lowest BCUT2D eigenvalue weighted by Crippen LogP contribution is -2.34. The summed E-state index contributed by atoms with van der Waals surface area (Å²) in [4.78, 5) is 14.3. The molecule has 2 aromatic rings. The fourth-order valence-electron chi connectivity index (χ4n) is 3.44. The molecule has 0 saturated heterocycles. The molecule has 25 heavy (non-hydrogen) atoms. The molecule has 0 atom stereocenters. The average Bonchev–Trinajstić information content (AvgIpc) is 3.36. The topological polar surface area (TPSA) is 48.0 Å². The van der Waals surface area contributed by atoms with E-state index in [1.807, 2.05) is 29.2 Å². The highest BCUT2D eigenvalue weighted by Crippen LogP contribution is 2.38. The third-order valence-corrected chi connectivity index (χ3v) is 5.00. The maximum atomic E-state index is 12.4. The van der Waals surface area contributed by atoms with Crippen molar-refractivity contribution in [3.05, 3.63) is 42.0 Å². The van der Waals surface area contributed by atoms with E-state index in [9.17, 15) is 4.79 Å². The molecule has 0 aromatic heterocycles. The van der Waals surface area contributed by atoms with Crippen LogP contribution in [0.5, 0.6) is 11.5 Å². The van der Waals surface area contributed by atoms with Crippen molar-refractivity contribution in [3.63, 3.8) is 0 Å². The molecular weight excluding hydrogens is 318 g/mol. The predicted molar refractivity (Wildman–Crippen MR) is 92.7 cm³/mol. The first-order valence-corrected chi connectivity index (χ1v) is 8.69. The Morgan fingerprint density at radius 1 is 0.960 bits per heavy atom. The molecule has 0 N–H and O–H groups in total. The molecule has 1 fully saturated rings. The van der Waals surface area contributed by atoms with Gasteiger partial charge < -0.3 is 19.1 Å². The van der Waals surface area contributed by atoms with E-state index in [1.165, 1.54) is 12.8 Å². The van der Waals surface area contributed by atoms with Crippen molar-refractivity contribution in [1.82, 2.24) is 0 Å². The van der Waals surface area contributed by atoms with Gasteiger partial charge in [0.05, 0.1) is 6.61 Å². The molecule has 1 amide bonds. The first kappa shape index (κ1) is 14.8. The first-order chi connectivity index (χ1) is 12.3. The minimum Gasteiger partial charge on any atom is -0.454 e. The maximum absolute atomic E-state index is 12.4. The Hall–Kier alpha value is -2.53. The van der Waals surface area contributed by atoms with E-state index < -0.39 is 0 Å². The Bertz CT molecular complexity index is 844. The van der Waals surface area contributed by atoms with E-state index in [2.05, 4.69) is 12.1 Å². The van der Waals surface area contributed by atoms with Crippen molar-refractivity contribution in [2.45, 2.75) is 19.4 Å². The van der Waals surface area contributed by atoms with Gasteiger partial charge in [-0.15, -0.1) is 0 Å². The molecule has 2 aromatic carbocycles. The van der Waals surface area contributed by atoms with Crippen LogP contribution in [0.1, 0.15) is 18.4 Å². The second-order valence-electron chi connectivity index (χ2n) is 6.85. The van der Waals surface area contributed by atoms with Crippen LogP contribution in [0.4, 0.5) is 5.69 Å². The minimum absolute atomic E-state index is 0.0569. The van der Waals surface area contributed by atoms with Crippen molar-refractivity contribution in [1.29, 1.82) is 0 Å². The van der Waals surface area contributed by atoms with Gasteiger partial charge >= 0.3 is 0 Å². The summed E-state index contributed by atoms with van der Waals surface area (Å²) in [5.41, 5.74) is 4.19. The number of carbonyl (C=O) groups is 1. The van der Waals surface area contributed by atoms with E-state index >= 15 is 0 Å². The number of anilines is 1. The number of nitrogens with zero attached hydrogens (tertiary/aromatic N) is 1. The number of carbonyl (C=O) groups excluding carboxylic acids is 1. The zero-order valence-electron chi connectivity index (χ0n) is 13.9. The molecule has 3 aliphatic rings. The summed E-state index contributed by atoms with van der Waals surface area (Å²) < 4.78 is 16.4. The number of amides is 1. The van der Waals surface area contributed by atoms with Crippen LogP contribution < -0.4 is 14.4 Å². The monoisotopic (exact) mass is 337 g/mol. The lowest BCUT2D eigenvalue weighted by Gasteiger charge is -2.22. The Kier molecular flexibility index (Phi) is 3.41. The van der Waals surface area contributed by atoms with Crippen LogP contribution in [0.25, 0.3) is 11.1 Å². The van der Waals surface area contributed by atoms with Gasteiger partial charge in [-0.05, 0) is 54.2 Å². The summed E-state index contributed by atoms with van der Waals surface area (Å²) in [7, 11) is 0. The van der Waals surface area contributed by atoms with Crippen molar-refractivity contribution >= 4 is 11.6 Å². The molecule has 2 aliphatic heterocycles. The van der Waals surface area contributed by atoms with Gasteiger partial charge in [0.1, 0.15) is 6.61 Å². The van der Waals surface area contributed by atoms with Crippen LogP contribution in [-0.4, -0.2) is 25.9 Å². The molecule has 5 heteroatoms. The lowest BCUT2D eigenvalue weighted by atomic mass is 10.0. The SMILES string of the molecule is O=C1COCc2cc(-c3ccc4c(c3)OCO4)ccc2N1CC1CC1. The highest BCUT2D eigenvalue weighted by Gasteiger charge is 2.30. The number of hydrogen-bond acceptors (Lipinski definition) is 4. The van der Waals surface area contributed by atoms with Crippen LogP contribution in [0.15, 0.2) is 36.4 Å². The van der Waals surface area contributed by atoms with Gasteiger partial charge in [0.15, 0.2) is 11.5 Å². The normalized spacial score (nSPS) is 18.9. The molecule has 128 valence electrons. The van der Waals surface area contributed by atoms with Crippen molar-refractivity contribution in [2.75, 3.05) is 24.8 Å². The van der Waals surface area contributed by atoms with Crippen LogP contribution in [-0.2, 0) is 16.1 Å². The quantitative estimate of drug-likeness (QED) is 0.862. The van der Waals surface area contributed by atoms with Crippen molar-refractivity contribution < 1.29 is 19.0 Å². The van der Waals surface area contributed by atoms with Gasteiger partial charge in [-0.1, -0.05) is 12.1 Å². The van der Waals surface area contributed by atoms with Crippen LogP contribution in [0, 0.1) is 5.92 Å². The molecule has 0 spiro atoms. The van der Waals surface area contributed by atoms with Gasteiger partial charge in [-0.25, -0.2) is 0 Å². The molecule has 5 rings (SSSR count). The van der Waals surface area contributed by atoms with Gasteiger partial charge in [-0.3, -0.25) is 4.79 Å². The highest BCUT2D eigenvalue weighted by atomic mass is 16.7. The molecule has 0 bridgehead atoms. The minimum atomic E-state index is 0.0569. The number of ether oxygens (including phenoxy) is 3. The first-order valence-electron chi connectivity index (χ1n) is 8.69.